The molecule has 0 fully saturated rings. The fraction of sp³-hybridized carbons (Fsp3) is 0.125. The van der Waals surface area contributed by atoms with Crippen molar-refractivity contribution in [2.24, 2.45) is 0 Å². The highest BCUT2D eigenvalue weighted by atomic mass is 32.1. The Morgan fingerprint density at radius 2 is 1.96 bits per heavy atom. The number of amides is 1. The van der Waals surface area contributed by atoms with Gasteiger partial charge in [0.25, 0.3) is 0 Å². The lowest BCUT2D eigenvalue weighted by Gasteiger charge is -2.12. The third kappa shape index (κ3) is 3.69. The molecule has 3 aromatic rings. The molecule has 1 aromatic heterocycles. The van der Waals surface area contributed by atoms with Crippen LogP contribution in [-0.4, -0.2) is 19.8 Å². The molecule has 3 rings (SSSR count). The Labute approximate surface area is 143 Å². The summed E-state index contributed by atoms with van der Waals surface area (Å²) in [5, 5.41) is 6.02. The number of aromatic nitrogens is 2. The van der Waals surface area contributed by atoms with Crippen molar-refractivity contribution in [3.63, 3.8) is 0 Å². The first kappa shape index (κ1) is 15.5. The zero-order valence-electron chi connectivity index (χ0n) is 12.4. The lowest BCUT2D eigenvalue weighted by Crippen LogP contribution is -2.35. The van der Waals surface area contributed by atoms with E-state index >= 15 is 0 Å². The van der Waals surface area contributed by atoms with Crippen LogP contribution in [0.2, 0.25) is 0 Å². The maximum absolute atomic E-state index is 12.0. The van der Waals surface area contributed by atoms with Gasteiger partial charge < -0.3 is 10.6 Å². The molecule has 0 unspecified atom stereocenters. The van der Waals surface area contributed by atoms with Gasteiger partial charge in [0.1, 0.15) is 11.0 Å². The number of anilines is 1. The molecule has 23 heavy (non-hydrogen) atoms. The van der Waals surface area contributed by atoms with Gasteiger partial charge in [-0.15, -0.1) is 0 Å². The minimum absolute atomic E-state index is 0.157. The average molecular weight is 342 g/mol. The van der Waals surface area contributed by atoms with Crippen molar-refractivity contribution in [2.45, 2.75) is 13.3 Å². The van der Waals surface area contributed by atoms with E-state index in [0.29, 0.717) is 0 Å². The fourth-order valence-corrected chi connectivity index (χ4v) is 2.97. The number of nitrogens with zero attached hydrogens (tertiary/aromatic N) is 2. The van der Waals surface area contributed by atoms with Gasteiger partial charge >= 0.3 is 0 Å². The second kappa shape index (κ2) is 6.80. The van der Waals surface area contributed by atoms with Gasteiger partial charge in [0, 0.05) is 0 Å². The number of thiocarbonyl (C=S) groups is 1. The Bertz CT molecular complexity index is 861. The Hall–Kier alpha value is -2.38. The zero-order chi connectivity index (χ0) is 16.2. The minimum Gasteiger partial charge on any atom is -0.330 e. The van der Waals surface area contributed by atoms with Gasteiger partial charge in [-0.05, 0) is 36.3 Å². The summed E-state index contributed by atoms with van der Waals surface area (Å²) in [6, 6.07) is 13.4. The van der Waals surface area contributed by atoms with E-state index in [0.717, 1.165) is 39.6 Å². The Morgan fingerprint density at radius 3 is 2.74 bits per heavy atom. The van der Waals surface area contributed by atoms with Crippen LogP contribution in [0.15, 0.2) is 42.5 Å². The van der Waals surface area contributed by atoms with Gasteiger partial charge in [0.05, 0.1) is 23.8 Å². The monoisotopic (exact) mass is 342 g/mol. The lowest BCUT2D eigenvalue weighted by atomic mass is 10.1. The second-order valence-corrected chi connectivity index (χ2v) is 5.99. The van der Waals surface area contributed by atoms with E-state index in [4.69, 9.17) is 12.2 Å². The Balaban J connectivity index is 1.68. The summed E-state index contributed by atoms with van der Waals surface area (Å²) in [5.41, 5.74) is 4.28. The van der Waals surface area contributed by atoms with Crippen LogP contribution in [0.4, 0.5) is 5.69 Å². The van der Waals surface area contributed by atoms with E-state index in [2.05, 4.69) is 19.4 Å². The normalized spacial score (nSPS) is 10.5. The van der Waals surface area contributed by atoms with Crippen molar-refractivity contribution in [3.8, 4) is 0 Å². The van der Waals surface area contributed by atoms with Crippen LogP contribution in [0.5, 0.6) is 0 Å². The van der Waals surface area contributed by atoms with Crippen molar-refractivity contribution in [3.05, 3.63) is 53.6 Å². The number of aryl methyl sites for hydroxylation is 1. The first-order chi connectivity index (χ1) is 11.1. The highest BCUT2D eigenvalue weighted by Gasteiger charge is 2.11. The van der Waals surface area contributed by atoms with Crippen molar-refractivity contribution in [1.29, 1.82) is 0 Å². The smallest absolute Gasteiger partial charge is 0.230 e. The predicted molar refractivity (Wildman–Crippen MR) is 96.7 cm³/mol. The van der Waals surface area contributed by atoms with Crippen molar-refractivity contribution >= 4 is 51.7 Å². The van der Waals surface area contributed by atoms with Gasteiger partial charge in [0.2, 0.25) is 5.91 Å². The number of carbonyl (C=O) groups is 1. The number of rotatable bonds is 3. The van der Waals surface area contributed by atoms with Crippen LogP contribution in [0.1, 0.15) is 11.1 Å². The molecule has 0 aliphatic carbocycles. The largest absolute Gasteiger partial charge is 0.330 e. The molecule has 2 N–H and O–H groups in total. The summed E-state index contributed by atoms with van der Waals surface area (Å²) in [5.74, 6) is -0.157. The molecule has 0 spiro atoms. The Kier molecular flexibility index (Phi) is 4.59. The quantitative estimate of drug-likeness (QED) is 0.716. The molecular formula is C16H14N4OS2. The SMILES string of the molecule is Cc1ccc2nsnc2c1NC(=S)NC(=O)Cc1ccccc1. The molecule has 116 valence electrons. The summed E-state index contributed by atoms with van der Waals surface area (Å²) >= 11 is 6.39. The maximum Gasteiger partial charge on any atom is 0.230 e. The fourth-order valence-electron chi connectivity index (χ4n) is 2.21. The molecule has 0 saturated carbocycles. The third-order valence-electron chi connectivity index (χ3n) is 3.34. The molecule has 0 aliphatic rings. The molecule has 1 heterocycles. The van der Waals surface area contributed by atoms with Crippen molar-refractivity contribution < 1.29 is 4.79 Å². The van der Waals surface area contributed by atoms with E-state index in [1.54, 1.807) is 0 Å². The van der Waals surface area contributed by atoms with Crippen LogP contribution in [0.3, 0.4) is 0 Å². The molecule has 0 saturated heterocycles. The van der Waals surface area contributed by atoms with E-state index in [1.165, 1.54) is 0 Å². The van der Waals surface area contributed by atoms with E-state index < -0.39 is 0 Å². The number of carbonyl (C=O) groups excluding carboxylic acids is 1. The summed E-state index contributed by atoms with van der Waals surface area (Å²) in [6.45, 7) is 1.95. The molecule has 0 aliphatic heterocycles. The number of nitrogens with one attached hydrogen (secondary N) is 2. The molecule has 2 aromatic carbocycles. The number of hydrogen-bond acceptors (Lipinski definition) is 5. The van der Waals surface area contributed by atoms with E-state index in [1.807, 2.05) is 49.4 Å². The van der Waals surface area contributed by atoms with E-state index in [9.17, 15) is 4.79 Å². The highest BCUT2D eigenvalue weighted by Crippen LogP contribution is 2.25. The number of hydrogen-bond donors (Lipinski definition) is 2. The average Bonchev–Trinajstić information content (AvgIpc) is 3.00. The number of fused-ring (bicyclic) bond motifs is 1. The second-order valence-electron chi connectivity index (χ2n) is 5.05. The molecule has 0 radical (unpaired) electrons. The van der Waals surface area contributed by atoms with Gasteiger partial charge in [0.15, 0.2) is 5.11 Å². The molecule has 0 atom stereocenters. The first-order valence-electron chi connectivity index (χ1n) is 7.00. The molecule has 5 nitrogen and oxygen atoms in total. The van der Waals surface area contributed by atoms with Crippen molar-refractivity contribution in [1.82, 2.24) is 14.1 Å². The summed E-state index contributed by atoms with van der Waals surface area (Å²) in [4.78, 5) is 12.0. The molecule has 7 heteroatoms. The molecule has 1 amide bonds. The summed E-state index contributed by atoms with van der Waals surface area (Å²) in [6.07, 6.45) is 0.282. The van der Waals surface area contributed by atoms with Crippen LogP contribution < -0.4 is 10.6 Å². The minimum atomic E-state index is -0.157. The van der Waals surface area contributed by atoms with Crippen LogP contribution in [-0.2, 0) is 11.2 Å². The maximum atomic E-state index is 12.0. The summed E-state index contributed by atoms with van der Waals surface area (Å²) in [7, 11) is 0. The zero-order valence-corrected chi connectivity index (χ0v) is 14.0. The Morgan fingerprint density at radius 1 is 1.17 bits per heavy atom. The first-order valence-corrected chi connectivity index (χ1v) is 8.14. The van der Waals surface area contributed by atoms with Gasteiger partial charge in [-0.25, -0.2) is 0 Å². The summed E-state index contributed by atoms with van der Waals surface area (Å²) < 4.78 is 8.48. The highest BCUT2D eigenvalue weighted by molar-refractivity contribution is 7.80. The van der Waals surface area contributed by atoms with Crippen LogP contribution in [0, 0.1) is 6.92 Å². The number of benzene rings is 2. The molecular weight excluding hydrogens is 328 g/mol. The standard InChI is InChI=1S/C16H14N4OS2/c1-10-7-8-12-15(20-23-19-12)14(10)18-16(22)17-13(21)9-11-5-3-2-4-6-11/h2-8H,9H2,1H3,(H2,17,18,21,22). The van der Waals surface area contributed by atoms with Crippen LogP contribution >= 0.6 is 23.9 Å². The third-order valence-corrected chi connectivity index (χ3v) is 4.08. The topological polar surface area (TPSA) is 66.9 Å². The van der Waals surface area contributed by atoms with Gasteiger partial charge in [-0.2, -0.15) is 8.75 Å². The predicted octanol–water partition coefficient (Wildman–Crippen LogP) is 3.06. The van der Waals surface area contributed by atoms with Gasteiger partial charge in [-0.3, -0.25) is 4.79 Å². The molecule has 0 bridgehead atoms. The van der Waals surface area contributed by atoms with Crippen molar-refractivity contribution in [2.75, 3.05) is 5.32 Å². The van der Waals surface area contributed by atoms with Gasteiger partial charge in [-0.1, -0.05) is 36.4 Å². The van der Waals surface area contributed by atoms with Crippen LogP contribution in [0.25, 0.3) is 11.0 Å². The van der Waals surface area contributed by atoms with E-state index in [-0.39, 0.29) is 17.4 Å². The lowest BCUT2D eigenvalue weighted by molar-refractivity contribution is -0.119.